The molecular weight excluding hydrogens is 252 g/mol. The number of ether oxygens (including phenoxy) is 1. The first-order chi connectivity index (χ1) is 9.69. The SMILES string of the molecule is CNCc1cn(CCCOc2cc(C)ccc2C)nn1. The van der Waals surface area contributed by atoms with Gasteiger partial charge in [0.05, 0.1) is 12.3 Å². The highest BCUT2D eigenvalue weighted by Crippen LogP contribution is 2.19. The predicted molar refractivity (Wildman–Crippen MR) is 78.8 cm³/mol. The van der Waals surface area contributed by atoms with Crippen molar-refractivity contribution in [3.63, 3.8) is 0 Å². The van der Waals surface area contributed by atoms with Gasteiger partial charge in [0.1, 0.15) is 5.75 Å². The highest BCUT2D eigenvalue weighted by molar-refractivity contribution is 5.35. The standard InChI is InChI=1S/C15H22N4O/c1-12-5-6-13(2)15(9-12)20-8-4-7-19-11-14(10-16-3)17-18-19/h5-6,9,11,16H,4,7-8,10H2,1-3H3. The summed E-state index contributed by atoms with van der Waals surface area (Å²) in [4.78, 5) is 0. The maximum absolute atomic E-state index is 5.82. The lowest BCUT2D eigenvalue weighted by molar-refractivity contribution is 0.296. The van der Waals surface area contributed by atoms with E-state index in [-0.39, 0.29) is 0 Å². The van der Waals surface area contributed by atoms with Crippen LogP contribution in [0.3, 0.4) is 0 Å². The van der Waals surface area contributed by atoms with E-state index in [0.29, 0.717) is 6.61 Å². The average molecular weight is 274 g/mol. The molecule has 108 valence electrons. The Bertz CT molecular complexity index is 551. The third-order valence-electron chi connectivity index (χ3n) is 3.08. The van der Waals surface area contributed by atoms with Crippen LogP contribution >= 0.6 is 0 Å². The van der Waals surface area contributed by atoms with E-state index in [4.69, 9.17) is 4.74 Å². The van der Waals surface area contributed by atoms with Gasteiger partial charge >= 0.3 is 0 Å². The van der Waals surface area contributed by atoms with Gasteiger partial charge in [0.15, 0.2) is 0 Å². The van der Waals surface area contributed by atoms with Crippen LogP contribution in [0, 0.1) is 13.8 Å². The quantitative estimate of drug-likeness (QED) is 0.785. The molecule has 1 N–H and O–H groups in total. The van der Waals surface area contributed by atoms with Crippen LogP contribution in [-0.4, -0.2) is 28.6 Å². The van der Waals surface area contributed by atoms with Crippen molar-refractivity contribution in [3.8, 4) is 5.75 Å². The van der Waals surface area contributed by atoms with Gasteiger partial charge in [-0.2, -0.15) is 0 Å². The Balaban J connectivity index is 1.77. The molecule has 1 heterocycles. The molecule has 0 atom stereocenters. The molecule has 20 heavy (non-hydrogen) atoms. The predicted octanol–water partition coefficient (Wildman–Crippen LogP) is 2.08. The summed E-state index contributed by atoms with van der Waals surface area (Å²) in [6.45, 7) is 6.40. The fourth-order valence-electron chi connectivity index (χ4n) is 1.98. The summed E-state index contributed by atoms with van der Waals surface area (Å²) in [5.41, 5.74) is 3.36. The van der Waals surface area contributed by atoms with E-state index >= 15 is 0 Å². The van der Waals surface area contributed by atoms with Crippen molar-refractivity contribution in [2.75, 3.05) is 13.7 Å². The molecule has 0 aliphatic carbocycles. The van der Waals surface area contributed by atoms with Gasteiger partial charge in [0.25, 0.3) is 0 Å². The number of rotatable bonds is 7. The molecule has 0 radical (unpaired) electrons. The zero-order valence-corrected chi connectivity index (χ0v) is 12.4. The molecule has 5 heteroatoms. The Labute approximate surface area is 120 Å². The van der Waals surface area contributed by atoms with Gasteiger partial charge in [-0.25, -0.2) is 0 Å². The summed E-state index contributed by atoms with van der Waals surface area (Å²) in [5, 5.41) is 11.2. The van der Waals surface area contributed by atoms with E-state index in [2.05, 4.69) is 47.7 Å². The molecule has 5 nitrogen and oxygen atoms in total. The minimum absolute atomic E-state index is 0.686. The van der Waals surface area contributed by atoms with Gasteiger partial charge in [-0.05, 0) is 38.1 Å². The number of nitrogens with one attached hydrogen (secondary N) is 1. The van der Waals surface area contributed by atoms with Crippen molar-refractivity contribution in [1.29, 1.82) is 0 Å². The Kier molecular flexibility index (Phi) is 5.12. The average Bonchev–Trinajstić information content (AvgIpc) is 2.87. The number of hydrogen-bond acceptors (Lipinski definition) is 4. The van der Waals surface area contributed by atoms with E-state index in [1.807, 2.05) is 17.9 Å². The minimum atomic E-state index is 0.686. The first-order valence-electron chi connectivity index (χ1n) is 6.92. The van der Waals surface area contributed by atoms with Crippen molar-refractivity contribution >= 4 is 0 Å². The first kappa shape index (κ1) is 14.5. The van der Waals surface area contributed by atoms with Crippen molar-refractivity contribution < 1.29 is 4.74 Å². The van der Waals surface area contributed by atoms with Crippen LogP contribution in [0.15, 0.2) is 24.4 Å². The van der Waals surface area contributed by atoms with Crippen molar-refractivity contribution in [3.05, 3.63) is 41.2 Å². The van der Waals surface area contributed by atoms with Crippen LogP contribution in [0.25, 0.3) is 0 Å². The monoisotopic (exact) mass is 274 g/mol. The Hall–Kier alpha value is -1.88. The van der Waals surface area contributed by atoms with Crippen LogP contribution in [-0.2, 0) is 13.1 Å². The van der Waals surface area contributed by atoms with Gasteiger partial charge < -0.3 is 10.1 Å². The molecule has 0 fully saturated rings. The molecule has 0 aliphatic heterocycles. The highest BCUT2D eigenvalue weighted by Gasteiger charge is 2.01. The Morgan fingerprint density at radius 2 is 2.15 bits per heavy atom. The van der Waals surface area contributed by atoms with Crippen LogP contribution < -0.4 is 10.1 Å². The molecule has 1 aromatic heterocycles. The fourth-order valence-corrected chi connectivity index (χ4v) is 1.98. The molecule has 1 aromatic carbocycles. The largest absolute Gasteiger partial charge is 0.493 e. The maximum Gasteiger partial charge on any atom is 0.122 e. The third-order valence-corrected chi connectivity index (χ3v) is 3.08. The van der Waals surface area contributed by atoms with Gasteiger partial charge in [-0.3, -0.25) is 4.68 Å². The second kappa shape index (κ2) is 7.05. The molecule has 0 amide bonds. The summed E-state index contributed by atoms with van der Waals surface area (Å²) >= 11 is 0. The Morgan fingerprint density at radius 3 is 2.95 bits per heavy atom. The van der Waals surface area contributed by atoms with Gasteiger partial charge in [-0.1, -0.05) is 17.3 Å². The molecule has 2 aromatic rings. The lowest BCUT2D eigenvalue weighted by Gasteiger charge is -2.09. The molecule has 0 saturated carbocycles. The van der Waals surface area contributed by atoms with Crippen LogP contribution in [0.5, 0.6) is 5.75 Å². The molecule has 0 bridgehead atoms. The molecule has 0 spiro atoms. The Morgan fingerprint density at radius 1 is 1.30 bits per heavy atom. The number of hydrogen-bond donors (Lipinski definition) is 1. The summed E-state index contributed by atoms with van der Waals surface area (Å²) in [6.07, 6.45) is 2.88. The summed E-state index contributed by atoms with van der Waals surface area (Å²) in [5.74, 6) is 0.972. The zero-order valence-electron chi connectivity index (χ0n) is 12.4. The van der Waals surface area contributed by atoms with Gasteiger partial charge in [-0.15, -0.1) is 5.10 Å². The van der Waals surface area contributed by atoms with E-state index < -0.39 is 0 Å². The minimum Gasteiger partial charge on any atom is -0.493 e. The fraction of sp³-hybridized carbons (Fsp3) is 0.467. The highest BCUT2D eigenvalue weighted by atomic mass is 16.5. The second-order valence-corrected chi connectivity index (χ2v) is 4.97. The van der Waals surface area contributed by atoms with Crippen molar-refractivity contribution in [2.45, 2.75) is 33.4 Å². The van der Waals surface area contributed by atoms with Gasteiger partial charge in [0, 0.05) is 25.7 Å². The zero-order chi connectivity index (χ0) is 14.4. The lowest BCUT2D eigenvalue weighted by Crippen LogP contribution is -2.06. The molecule has 2 rings (SSSR count). The maximum atomic E-state index is 5.82. The number of aryl methyl sites for hydroxylation is 3. The third kappa shape index (κ3) is 4.06. The number of benzene rings is 1. The van der Waals surface area contributed by atoms with Crippen LogP contribution in [0.4, 0.5) is 0 Å². The summed E-state index contributed by atoms with van der Waals surface area (Å²) in [6, 6.07) is 6.27. The van der Waals surface area contributed by atoms with Gasteiger partial charge in [0.2, 0.25) is 0 Å². The van der Waals surface area contributed by atoms with E-state index in [1.165, 1.54) is 11.1 Å². The van der Waals surface area contributed by atoms with E-state index in [0.717, 1.165) is 31.0 Å². The number of nitrogens with zero attached hydrogens (tertiary/aromatic N) is 3. The first-order valence-corrected chi connectivity index (χ1v) is 6.92. The molecule has 0 aliphatic rings. The van der Waals surface area contributed by atoms with Crippen molar-refractivity contribution in [2.24, 2.45) is 0 Å². The van der Waals surface area contributed by atoms with Crippen LogP contribution in [0.1, 0.15) is 23.2 Å². The van der Waals surface area contributed by atoms with E-state index in [1.54, 1.807) is 0 Å². The topological polar surface area (TPSA) is 52.0 Å². The smallest absolute Gasteiger partial charge is 0.122 e. The molecule has 0 unspecified atom stereocenters. The molecular formula is C15H22N4O. The number of aromatic nitrogens is 3. The lowest BCUT2D eigenvalue weighted by atomic mass is 10.1. The summed E-state index contributed by atoms with van der Waals surface area (Å²) in [7, 11) is 1.90. The van der Waals surface area contributed by atoms with Crippen molar-refractivity contribution in [1.82, 2.24) is 20.3 Å². The van der Waals surface area contributed by atoms with Crippen LogP contribution in [0.2, 0.25) is 0 Å². The van der Waals surface area contributed by atoms with E-state index in [9.17, 15) is 0 Å². The summed E-state index contributed by atoms with van der Waals surface area (Å²) < 4.78 is 7.68. The molecule has 0 saturated heterocycles. The normalized spacial score (nSPS) is 10.8. The second-order valence-electron chi connectivity index (χ2n) is 4.97.